The van der Waals surface area contributed by atoms with Gasteiger partial charge >= 0.3 is 0 Å². The van der Waals surface area contributed by atoms with Gasteiger partial charge in [0.25, 0.3) is 0 Å². The molecule has 2 aliphatic rings. The first-order valence-electron chi connectivity index (χ1n) is 6.92. The summed E-state index contributed by atoms with van der Waals surface area (Å²) >= 11 is 5.20. The summed E-state index contributed by atoms with van der Waals surface area (Å²) < 4.78 is 1.16. The van der Waals surface area contributed by atoms with E-state index in [2.05, 4.69) is 38.7 Å². The monoisotopic (exact) mass is 378 g/mol. The van der Waals surface area contributed by atoms with Crippen molar-refractivity contribution in [3.05, 3.63) is 20.8 Å². The van der Waals surface area contributed by atoms with Crippen molar-refractivity contribution in [1.29, 1.82) is 0 Å². The second-order valence-electron chi connectivity index (χ2n) is 5.62. The average Bonchev–Trinajstić information content (AvgIpc) is 2.93. The highest BCUT2D eigenvalue weighted by atomic mass is 79.9. The van der Waals surface area contributed by atoms with Crippen molar-refractivity contribution in [3.63, 3.8) is 0 Å². The predicted molar refractivity (Wildman–Crippen MR) is 88.6 cm³/mol. The molecule has 1 aliphatic carbocycles. The van der Waals surface area contributed by atoms with E-state index in [-0.39, 0.29) is 24.2 Å². The van der Waals surface area contributed by atoms with E-state index in [1.54, 1.807) is 11.3 Å². The third-order valence-corrected chi connectivity index (χ3v) is 6.09. The molecule has 1 saturated carbocycles. The molecule has 0 radical (unpaired) electrons. The Morgan fingerprint density at radius 3 is 2.85 bits per heavy atom. The fourth-order valence-electron chi connectivity index (χ4n) is 3.11. The van der Waals surface area contributed by atoms with Gasteiger partial charge in [0.15, 0.2) is 0 Å². The van der Waals surface area contributed by atoms with Crippen molar-refractivity contribution in [2.45, 2.75) is 25.7 Å². The SMILES string of the molecule is Cl.O=C(NCCc1ccc(Br)s1)C1CC12CCNCC2. The lowest BCUT2D eigenvalue weighted by Crippen LogP contribution is -2.34. The summed E-state index contributed by atoms with van der Waals surface area (Å²) in [6, 6.07) is 4.18. The Bertz CT molecular complexity index is 473. The second kappa shape index (κ2) is 6.77. The van der Waals surface area contributed by atoms with Crippen LogP contribution in [-0.2, 0) is 11.2 Å². The van der Waals surface area contributed by atoms with E-state index >= 15 is 0 Å². The first-order chi connectivity index (χ1) is 9.20. The van der Waals surface area contributed by atoms with Crippen molar-refractivity contribution in [3.8, 4) is 0 Å². The molecular weight excluding hydrogens is 360 g/mol. The molecule has 3 nitrogen and oxygen atoms in total. The largest absolute Gasteiger partial charge is 0.355 e. The van der Waals surface area contributed by atoms with Crippen molar-refractivity contribution in [1.82, 2.24) is 10.6 Å². The summed E-state index contributed by atoms with van der Waals surface area (Å²) in [5.41, 5.74) is 0.349. The van der Waals surface area contributed by atoms with Crippen LogP contribution in [0.2, 0.25) is 0 Å². The molecule has 2 fully saturated rings. The van der Waals surface area contributed by atoms with Gasteiger partial charge in [0.05, 0.1) is 3.79 Å². The van der Waals surface area contributed by atoms with E-state index in [1.807, 2.05) is 0 Å². The minimum atomic E-state index is 0. The lowest BCUT2D eigenvalue weighted by molar-refractivity contribution is -0.123. The molecule has 1 amide bonds. The summed E-state index contributed by atoms with van der Waals surface area (Å²) in [4.78, 5) is 13.5. The van der Waals surface area contributed by atoms with Crippen molar-refractivity contribution in [2.75, 3.05) is 19.6 Å². The van der Waals surface area contributed by atoms with Crippen LogP contribution in [0.25, 0.3) is 0 Å². The Kier molecular flexibility index (Phi) is 5.51. The van der Waals surface area contributed by atoms with Crippen molar-refractivity contribution in [2.24, 2.45) is 11.3 Å². The third-order valence-electron chi connectivity index (χ3n) is 4.41. The fraction of sp³-hybridized carbons (Fsp3) is 0.643. The van der Waals surface area contributed by atoms with Crippen LogP contribution in [0.1, 0.15) is 24.1 Å². The molecule has 20 heavy (non-hydrogen) atoms. The van der Waals surface area contributed by atoms with E-state index in [9.17, 15) is 4.79 Å². The number of hydrogen-bond donors (Lipinski definition) is 2. The highest BCUT2D eigenvalue weighted by Crippen LogP contribution is 2.58. The van der Waals surface area contributed by atoms with Crippen LogP contribution < -0.4 is 10.6 Å². The van der Waals surface area contributed by atoms with Gasteiger partial charge in [0, 0.05) is 17.3 Å². The van der Waals surface area contributed by atoms with E-state index < -0.39 is 0 Å². The first-order valence-corrected chi connectivity index (χ1v) is 8.53. The summed E-state index contributed by atoms with van der Waals surface area (Å²) in [6.45, 7) is 2.91. The summed E-state index contributed by atoms with van der Waals surface area (Å²) in [5, 5.41) is 6.48. The molecular formula is C14H20BrClN2OS. The average molecular weight is 380 g/mol. The molecule has 1 aromatic rings. The summed E-state index contributed by atoms with van der Waals surface area (Å²) in [5.74, 6) is 0.558. The highest BCUT2D eigenvalue weighted by Gasteiger charge is 2.57. The lowest BCUT2D eigenvalue weighted by atomic mass is 9.92. The number of carbonyl (C=O) groups is 1. The summed E-state index contributed by atoms with van der Waals surface area (Å²) in [6.07, 6.45) is 4.38. The maximum atomic E-state index is 12.1. The van der Waals surface area contributed by atoms with E-state index in [1.165, 1.54) is 17.7 Å². The van der Waals surface area contributed by atoms with E-state index in [4.69, 9.17) is 0 Å². The third kappa shape index (κ3) is 3.56. The van der Waals surface area contributed by atoms with Gasteiger partial charge in [-0.2, -0.15) is 0 Å². The number of hydrogen-bond acceptors (Lipinski definition) is 3. The zero-order valence-corrected chi connectivity index (χ0v) is 14.5. The first kappa shape index (κ1) is 16.3. The molecule has 6 heteroatoms. The Hall–Kier alpha value is -0.100. The summed E-state index contributed by atoms with van der Waals surface area (Å²) in [7, 11) is 0. The van der Waals surface area contributed by atoms with Crippen molar-refractivity contribution < 1.29 is 4.79 Å². The molecule has 1 saturated heterocycles. The number of nitrogens with one attached hydrogen (secondary N) is 2. The van der Waals surface area contributed by atoms with Crippen LogP contribution in [-0.4, -0.2) is 25.5 Å². The minimum absolute atomic E-state index is 0. The van der Waals surface area contributed by atoms with Crippen LogP contribution in [0.3, 0.4) is 0 Å². The minimum Gasteiger partial charge on any atom is -0.355 e. The quantitative estimate of drug-likeness (QED) is 0.844. The predicted octanol–water partition coefficient (Wildman–Crippen LogP) is 2.98. The van der Waals surface area contributed by atoms with Gasteiger partial charge in [-0.05, 0) is 72.3 Å². The van der Waals surface area contributed by atoms with Gasteiger partial charge < -0.3 is 10.6 Å². The molecule has 2 N–H and O–H groups in total. The highest BCUT2D eigenvalue weighted by molar-refractivity contribution is 9.11. The Balaban J connectivity index is 0.00000147. The van der Waals surface area contributed by atoms with Gasteiger partial charge in [0.2, 0.25) is 5.91 Å². The number of carbonyl (C=O) groups excluding carboxylic acids is 1. The number of rotatable bonds is 4. The Morgan fingerprint density at radius 1 is 1.45 bits per heavy atom. The van der Waals surface area contributed by atoms with Gasteiger partial charge in [-0.25, -0.2) is 0 Å². The fourth-order valence-corrected chi connectivity index (χ4v) is 4.60. The molecule has 1 spiro atoms. The topological polar surface area (TPSA) is 41.1 Å². The van der Waals surface area contributed by atoms with Gasteiger partial charge in [0.1, 0.15) is 0 Å². The van der Waals surface area contributed by atoms with Gasteiger partial charge in [-0.1, -0.05) is 0 Å². The Labute approximate surface area is 138 Å². The van der Waals surface area contributed by atoms with Crippen LogP contribution in [0.5, 0.6) is 0 Å². The molecule has 1 aromatic heterocycles. The number of piperidine rings is 1. The molecule has 2 heterocycles. The zero-order valence-electron chi connectivity index (χ0n) is 11.3. The molecule has 1 unspecified atom stereocenters. The second-order valence-corrected chi connectivity index (χ2v) is 8.16. The smallest absolute Gasteiger partial charge is 0.223 e. The van der Waals surface area contributed by atoms with Gasteiger partial charge in [-0.3, -0.25) is 4.79 Å². The molecule has 0 aromatic carbocycles. The normalized spacial score (nSPS) is 23.1. The maximum absolute atomic E-state index is 12.1. The van der Waals surface area contributed by atoms with Crippen LogP contribution in [0.4, 0.5) is 0 Å². The standard InChI is InChI=1S/C14H19BrN2OS.ClH/c15-12-2-1-10(19-12)3-6-17-13(18)11-9-14(11)4-7-16-8-5-14;/h1-2,11,16H,3-9H2,(H,17,18);1H. The lowest BCUT2D eigenvalue weighted by Gasteiger charge is -2.23. The molecule has 112 valence electrons. The van der Waals surface area contributed by atoms with Crippen LogP contribution in [0.15, 0.2) is 15.9 Å². The zero-order chi connectivity index (χ0) is 13.3. The van der Waals surface area contributed by atoms with E-state index in [0.717, 1.165) is 36.3 Å². The van der Waals surface area contributed by atoms with Crippen LogP contribution in [0, 0.1) is 11.3 Å². The van der Waals surface area contributed by atoms with Gasteiger partial charge in [-0.15, -0.1) is 23.7 Å². The number of thiophene rings is 1. The molecule has 1 atom stereocenters. The van der Waals surface area contributed by atoms with Crippen molar-refractivity contribution >= 4 is 45.6 Å². The Morgan fingerprint density at radius 2 is 2.20 bits per heavy atom. The molecule has 0 bridgehead atoms. The molecule has 3 rings (SSSR count). The number of halogens is 2. The molecule has 1 aliphatic heterocycles. The van der Waals surface area contributed by atoms with Crippen LogP contribution >= 0.6 is 39.7 Å². The van der Waals surface area contributed by atoms with E-state index in [0.29, 0.717) is 5.41 Å². The maximum Gasteiger partial charge on any atom is 0.223 e. The number of amides is 1.